The number of hydrogen-bond acceptors (Lipinski definition) is 6. The summed E-state index contributed by atoms with van der Waals surface area (Å²) in [5, 5.41) is 11.8. The lowest BCUT2D eigenvalue weighted by Crippen LogP contribution is -2.30. The van der Waals surface area contributed by atoms with Crippen LogP contribution in [0.3, 0.4) is 0 Å². The van der Waals surface area contributed by atoms with Crippen molar-refractivity contribution in [2.24, 2.45) is 0 Å². The molecule has 8 nitrogen and oxygen atoms in total. The Kier molecular flexibility index (Phi) is 8.28. The van der Waals surface area contributed by atoms with Crippen LogP contribution in [0.15, 0.2) is 77.8 Å². The number of aryl methyl sites for hydroxylation is 1. The lowest BCUT2D eigenvalue weighted by Gasteiger charge is -2.09. The number of aliphatic hydroxyl groups is 1. The first-order chi connectivity index (χ1) is 15.9. The largest absolute Gasteiger partial charge is 0.390 e. The van der Waals surface area contributed by atoms with E-state index in [1.165, 1.54) is 48.2 Å². The number of sulfonamides is 1. The van der Waals surface area contributed by atoms with Gasteiger partial charge in [-0.05, 0) is 61.2 Å². The number of amides is 2. The number of carbonyl (C=O) groups excluding carboxylic acids is 2. The molecule has 0 saturated carbocycles. The number of carbonyl (C=O) groups is 2. The van der Waals surface area contributed by atoms with Gasteiger partial charge < -0.3 is 10.4 Å². The fourth-order valence-electron chi connectivity index (χ4n) is 3.08. The van der Waals surface area contributed by atoms with Crippen LogP contribution in [-0.4, -0.2) is 36.9 Å². The first-order valence-corrected chi connectivity index (χ1v) is 11.9. The highest BCUT2D eigenvalue weighted by atomic mass is 32.2. The normalized spacial score (nSPS) is 11.1. The number of pyridine rings is 1. The van der Waals surface area contributed by atoms with E-state index in [0.29, 0.717) is 17.8 Å². The van der Waals surface area contributed by atoms with Gasteiger partial charge in [0.05, 0.1) is 22.8 Å². The predicted octanol–water partition coefficient (Wildman–Crippen LogP) is 2.45. The molecule has 9 heteroatoms. The zero-order valence-electron chi connectivity index (χ0n) is 17.9. The van der Waals surface area contributed by atoms with Crippen LogP contribution in [-0.2, 0) is 23.1 Å². The molecule has 3 aromatic rings. The molecular weight excluding hydrogens is 442 g/mol. The van der Waals surface area contributed by atoms with E-state index >= 15 is 0 Å². The van der Waals surface area contributed by atoms with E-state index in [4.69, 9.17) is 5.11 Å². The Morgan fingerprint density at radius 2 is 1.55 bits per heavy atom. The van der Waals surface area contributed by atoms with Gasteiger partial charge in [0.15, 0.2) is 0 Å². The molecule has 2 aromatic carbocycles. The van der Waals surface area contributed by atoms with E-state index < -0.39 is 15.9 Å². The van der Waals surface area contributed by atoms with Gasteiger partial charge in [-0.3, -0.25) is 14.6 Å². The molecule has 0 fully saturated rings. The van der Waals surface area contributed by atoms with Crippen LogP contribution in [0.25, 0.3) is 0 Å². The van der Waals surface area contributed by atoms with E-state index in [9.17, 15) is 18.0 Å². The molecule has 0 unspecified atom stereocenters. The monoisotopic (exact) mass is 467 g/mol. The average Bonchev–Trinajstić information content (AvgIpc) is 2.84. The van der Waals surface area contributed by atoms with E-state index in [-0.39, 0.29) is 23.0 Å². The molecule has 3 N–H and O–H groups in total. The summed E-state index contributed by atoms with van der Waals surface area (Å²) >= 11 is 0. The molecule has 2 amide bonds. The minimum atomic E-state index is -4.12. The summed E-state index contributed by atoms with van der Waals surface area (Å²) in [6, 6.07) is 18.3. The van der Waals surface area contributed by atoms with Gasteiger partial charge in [-0.25, -0.2) is 13.1 Å². The predicted molar refractivity (Wildman–Crippen MR) is 123 cm³/mol. The Balaban J connectivity index is 1.50. The van der Waals surface area contributed by atoms with Crippen molar-refractivity contribution in [2.75, 3.05) is 6.54 Å². The van der Waals surface area contributed by atoms with Crippen LogP contribution in [0.2, 0.25) is 0 Å². The Morgan fingerprint density at radius 3 is 2.18 bits per heavy atom. The molecule has 0 saturated heterocycles. The zero-order valence-corrected chi connectivity index (χ0v) is 18.7. The van der Waals surface area contributed by atoms with Gasteiger partial charge in [-0.2, -0.15) is 0 Å². The molecule has 172 valence electrons. The highest BCUT2D eigenvalue weighted by molar-refractivity contribution is 7.90. The molecule has 3 rings (SSSR count). The number of aliphatic hydroxyl groups excluding tert-OH is 1. The zero-order chi connectivity index (χ0) is 23.7. The molecular formula is C24H25N3O5S. The summed E-state index contributed by atoms with van der Waals surface area (Å²) in [7, 11) is -4.12. The quantitative estimate of drug-likeness (QED) is 0.393. The molecule has 0 aliphatic heterocycles. The number of hydrogen-bond donors (Lipinski definition) is 3. The lowest BCUT2D eigenvalue weighted by atomic mass is 10.1. The minimum absolute atomic E-state index is 0.0408. The van der Waals surface area contributed by atoms with Crippen molar-refractivity contribution in [2.45, 2.75) is 30.8 Å². The fourth-order valence-corrected chi connectivity index (χ4v) is 4.05. The third-order valence-electron chi connectivity index (χ3n) is 4.92. The van der Waals surface area contributed by atoms with Crippen molar-refractivity contribution in [3.05, 3.63) is 95.3 Å². The molecule has 0 spiro atoms. The van der Waals surface area contributed by atoms with Gasteiger partial charge in [0.25, 0.3) is 21.8 Å². The molecule has 0 atom stereocenters. The van der Waals surface area contributed by atoms with Gasteiger partial charge in [0.1, 0.15) is 0 Å². The maximum Gasteiger partial charge on any atom is 0.266 e. The summed E-state index contributed by atoms with van der Waals surface area (Å²) in [4.78, 5) is 28.2. The second-order valence-electron chi connectivity index (χ2n) is 7.35. The van der Waals surface area contributed by atoms with Crippen LogP contribution >= 0.6 is 0 Å². The Bertz CT molecular complexity index is 1180. The van der Waals surface area contributed by atoms with E-state index in [2.05, 4.69) is 22.4 Å². The molecule has 33 heavy (non-hydrogen) atoms. The van der Waals surface area contributed by atoms with Crippen LogP contribution in [0.5, 0.6) is 0 Å². The summed E-state index contributed by atoms with van der Waals surface area (Å²) in [5.74, 6) is -1.14. The number of benzene rings is 2. The third-order valence-corrected chi connectivity index (χ3v) is 6.27. The summed E-state index contributed by atoms with van der Waals surface area (Å²) in [5.41, 5.74) is 1.98. The van der Waals surface area contributed by atoms with Gasteiger partial charge >= 0.3 is 0 Å². The number of nitrogens with one attached hydrogen (secondary N) is 2. The summed E-state index contributed by atoms with van der Waals surface area (Å²) in [6.45, 7) is 0.235. The maximum absolute atomic E-state index is 12.5. The molecule has 1 heterocycles. The average molecular weight is 468 g/mol. The first kappa shape index (κ1) is 24.1. The number of unbranched alkanes of at least 4 members (excludes halogenated alkanes) is 1. The number of nitrogens with zero attached hydrogens (tertiary/aromatic N) is 1. The van der Waals surface area contributed by atoms with Crippen LogP contribution in [0.4, 0.5) is 0 Å². The Labute approximate surface area is 192 Å². The van der Waals surface area contributed by atoms with E-state index in [1.54, 1.807) is 0 Å². The number of rotatable bonds is 10. The lowest BCUT2D eigenvalue weighted by molar-refractivity contribution is 0.0950. The van der Waals surface area contributed by atoms with Crippen molar-refractivity contribution in [1.29, 1.82) is 0 Å². The Morgan fingerprint density at radius 1 is 0.848 bits per heavy atom. The third kappa shape index (κ3) is 6.96. The smallest absolute Gasteiger partial charge is 0.266 e. The standard InChI is InChI=1S/C24H25N3O5S/c28-17-21-12-9-20(16-26-21)24(30)27-33(31,32)22-13-10-19(11-14-22)23(29)25-15-5-4-8-18-6-2-1-3-7-18/h1-3,6-7,9-14,16,28H,4-5,8,15,17H2,(H,25,29)(H,27,30). The fraction of sp³-hybridized carbons (Fsp3) is 0.208. The van der Waals surface area contributed by atoms with E-state index in [1.807, 2.05) is 22.9 Å². The molecule has 1 aromatic heterocycles. The summed E-state index contributed by atoms with van der Waals surface area (Å²) < 4.78 is 26.9. The molecule has 0 aliphatic rings. The molecule has 0 radical (unpaired) electrons. The highest BCUT2D eigenvalue weighted by Gasteiger charge is 2.19. The van der Waals surface area contributed by atoms with Crippen molar-refractivity contribution in [3.8, 4) is 0 Å². The second kappa shape index (κ2) is 11.3. The van der Waals surface area contributed by atoms with Crippen LogP contribution in [0, 0.1) is 0 Å². The molecule has 0 aliphatic carbocycles. The van der Waals surface area contributed by atoms with E-state index in [0.717, 1.165) is 19.3 Å². The van der Waals surface area contributed by atoms with Gasteiger partial charge in [0, 0.05) is 18.3 Å². The van der Waals surface area contributed by atoms with Gasteiger partial charge in [-0.15, -0.1) is 0 Å². The van der Waals surface area contributed by atoms with Crippen LogP contribution < -0.4 is 10.0 Å². The SMILES string of the molecule is O=C(NCCCCc1ccccc1)c1ccc(S(=O)(=O)NC(=O)c2ccc(CO)nc2)cc1. The first-order valence-electron chi connectivity index (χ1n) is 10.4. The molecule has 0 bridgehead atoms. The van der Waals surface area contributed by atoms with Crippen molar-refractivity contribution in [1.82, 2.24) is 15.0 Å². The van der Waals surface area contributed by atoms with Gasteiger partial charge in [-0.1, -0.05) is 30.3 Å². The minimum Gasteiger partial charge on any atom is -0.390 e. The van der Waals surface area contributed by atoms with Gasteiger partial charge in [0.2, 0.25) is 0 Å². The highest BCUT2D eigenvalue weighted by Crippen LogP contribution is 2.12. The number of aromatic nitrogens is 1. The maximum atomic E-state index is 12.5. The second-order valence-corrected chi connectivity index (χ2v) is 9.04. The summed E-state index contributed by atoms with van der Waals surface area (Å²) in [6.07, 6.45) is 3.90. The van der Waals surface area contributed by atoms with Crippen molar-refractivity contribution < 1.29 is 23.1 Å². The van der Waals surface area contributed by atoms with Crippen LogP contribution in [0.1, 0.15) is 44.8 Å². The Hall–Kier alpha value is -3.56. The topological polar surface area (TPSA) is 125 Å². The van der Waals surface area contributed by atoms with Crippen molar-refractivity contribution >= 4 is 21.8 Å². The van der Waals surface area contributed by atoms with Crippen molar-refractivity contribution in [3.63, 3.8) is 0 Å².